The van der Waals surface area contributed by atoms with Crippen molar-refractivity contribution in [3.05, 3.63) is 107 Å². The molecule has 1 aliphatic heterocycles. The molecule has 0 saturated carbocycles. The van der Waals surface area contributed by atoms with Crippen LogP contribution in [-0.2, 0) is 22.8 Å². The molecule has 0 radical (unpaired) electrons. The molecule has 3 aromatic carbocycles. The topological polar surface area (TPSA) is 38.8 Å². The molecule has 0 N–H and O–H groups in total. The largest absolute Gasteiger partial charge is 0.347 e. The van der Waals surface area contributed by atoms with Crippen molar-refractivity contribution in [3.8, 4) is 0 Å². The lowest BCUT2D eigenvalue weighted by Gasteiger charge is -2.24. The molecule has 0 aromatic heterocycles. The van der Waals surface area contributed by atoms with Crippen LogP contribution in [0.25, 0.3) is 0 Å². The van der Waals surface area contributed by atoms with Crippen molar-refractivity contribution in [1.82, 2.24) is 5.06 Å². The number of hydrogen-bond acceptors (Lipinski definition) is 3. The van der Waals surface area contributed by atoms with Gasteiger partial charge in [-0.05, 0) is 17.2 Å². The average Bonchev–Trinajstić information content (AvgIpc) is 2.98. The highest BCUT2D eigenvalue weighted by molar-refractivity contribution is 5.98. The van der Waals surface area contributed by atoms with Crippen LogP contribution in [-0.4, -0.2) is 11.0 Å². The molecule has 0 bridgehead atoms. The van der Waals surface area contributed by atoms with Crippen LogP contribution in [0.15, 0.2) is 84.9 Å². The monoisotopic (exact) mass is 345 g/mol. The van der Waals surface area contributed by atoms with Gasteiger partial charge in [-0.15, -0.1) is 0 Å². The second-order valence-corrected chi connectivity index (χ2v) is 6.13. The van der Waals surface area contributed by atoms with Gasteiger partial charge in [-0.2, -0.15) is 5.06 Å². The molecule has 1 amide bonds. The fraction of sp³-hybridized carbons (Fsp3) is 0.136. The molecule has 4 heteroatoms. The van der Waals surface area contributed by atoms with E-state index in [4.69, 9.17) is 9.57 Å². The lowest BCUT2D eigenvalue weighted by atomic mass is 10.1. The molecule has 130 valence electrons. The van der Waals surface area contributed by atoms with Gasteiger partial charge in [0.05, 0.1) is 6.61 Å². The first-order chi connectivity index (χ1) is 12.8. The van der Waals surface area contributed by atoms with Crippen LogP contribution in [0.4, 0.5) is 0 Å². The van der Waals surface area contributed by atoms with Gasteiger partial charge in [0.25, 0.3) is 5.91 Å². The van der Waals surface area contributed by atoms with Crippen LogP contribution in [0, 0.1) is 0 Å². The molecular formula is C22H19NO3. The normalized spacial score (nSPS) is 15.9. The summed E-state index contributed by atoms with van der Waals surface area (Å²) >= 11 is 0. The van der Waals surface area contributed by atoms with Crippen LogP contribution in [0.3, 0.4) is 0 Å². The number of benzene rings is 3. The Bertz CT molecular complexity index is 880. The number of carbonyl (C=O) groups is 1. The number of carbonyl (C=O) groups excluding carboxylic acids is 1. The van der Waals surface area contributed by atoms with E-state index in [1.54, 1.807) is 0 Å². The van der Waals surface area contributed by atoms with Crippen molar-refractivity contribution >= 4 is 5.91 Å². The lowest BCUT2D eigenvalue weighted by Crippen LogP contribution is -2.29. The molecule has 1 atom stereocenters. The van der Waals surface area contributed by atoms with E-state index in [-0.39, 0.29) is 5.91 Å². The third-order valence-electron chi connectivity index (χ3n) is 4.33. The summed E-state index contributed by atoms with van der Waals surface area (Å²) in [5.74, 6) is -0.172. The zero-order valence-electron chi connectivity index (χ0n) is 14.2. The number of hydrogen-bond donors (Lipinski definition) is 0. The third kappa shape index (κ3) is 3.38. The van der Waals surface area contributed by atoms with E-state index in [0.717, 1.165) is 16.7 Å². The van der Waals surface area contributed by atoms with Crippen molar-refractivity contribution < 1.29 is 14.4 Å². The van der Waals surface area contributed by atoms with Crippen LogP contribution < -0.4 is 0 Å². The Balaban J connectivity index is 1.53. The summed E-state index contributed by atoms with van der Waals surface area (Å²) in [6, 6.07) is 27.2. The Kier molecular flexibility index (Phi) is 4.78. The maximum absolute atomic E-state index is 12.8. The molecule has 4 rings (SSSR count). The first-order valence-electron chi connectivity index (χ1n) is 8.58. The molecule has 1 unspecified atom stereocenters. The quantitative estimate of drug-likeness (QED) is 0.661. The fourth-order valence-electron chi connectivity index (χ4n) is 3.01. The molecule has 0 aliphatic carbocycles. The number of rotatable bonds is 6. The Labute approximate surface area is 152 Å². The van der Waals surface area contributed by atoms with Gasteiger partial charge in [0, 0.05) is 11.1 Å². The number of ether oxygens (including phenoxy) is 1. The summed E-state index contributed by atoms with van der Waals surface area (Å²) in [6.07, 6.45) is -0.553. The van der Waals surface area contributed by atoms with Crippen molar-refractivity contribution in [1.29, 1.82) is 0 Å². The summed E-state index contributed by atoms with van der Waals surface area (Å²) < 4.78 is 6.07. The van der Waals surface area contributed by atoms with E-state index >= 15 is 0 Å². The highest BCUT2D eigenvalue weighted by Gasteiger charge is 2.38. The summed E-state index contributed by atoms with van der Waals surface area (Å²) in [6.45, 7) is 0.712. The van der Waals surface area contributed by atoms with Crippen LogP contribution in [0.5, 0.6) is 0 Å². The number of hydroxylamine groups is 2. The molecule has 1 aliphatic rings. The minimum absolute atomic E-state index is 0.172. The minimum Gasteiger partial charge on any atom is -0.347 e. The predicted molar refractivity (Wildman–Crippen MR) is 97.8 cm³/mol. The smallest absolute Gasteiger partial charge is 0.280 e. The fourth-order valence-corrected chi connectivity index (χ4v) is 3.01. The van der Waals surface area contributed by atoms with Crippen molar-refractivity contribution in [2.45, 2.75) is 19.4 Å². The highest BCUT2D eigenvalue weighted by atomic mass is 16.7. The number of nitrogens with zero attached hydrogens (tertiary/aromatic N) is 1. The Morgan fingerprint density at radius 1 is 0.731 bits per heavy atom. The summed E-state index contributed by atoms with van der Waals surface area (Å²) in [7, 11) is 0. The summed E-state index contributed by atoms with van der Waals surface area (Å²) in [5, 5.41) is 1.35. The molecule has 3 aromatic rings. The Morgan fingerprint density at radius 2 is 1.31 bits per heavy atom. The van der Waals surface area contributed by atoms with Gasteiger partial charge in [-0.25, -0.2) is 0 Å². The second kappa shape index (κ2) is 7.52. The van der Waals surface area contributed by atoms with Gasteiger partial charge in [-0.1, -0.05) is 78.9 Å². The van der Waals surface area contributed by atoms with Crippen LogP contribution in [0.2, 0.25) is 0 Å². The first kappa shape index (κ1) is 16.5. The molecule has 0 spiro atoms. The van der Waals surface area contributed by atoms with Gasteiger partial charge < -0.3 is 4.74 Å². The minimum atomic E-state index is -0.553. The number of amides is 1. The van der Waals surface area contributed by atoms with Gasteiger partial charge >= 0.3 is 0 Å². The maximum atomic E-state index is 12.8. The third-order valence-corrected chi connectivity index (χ3v) is 4.33. The highest BCUT2D eigenvalue weighted by Crippen LogP contribution is 2.35. The van der Waals surface area contributed by atoms with Crippen LogP contribution >= 0.6 is 0 Å². The van der Waals surface area contributed by atoms with E-state index in [1.165, 1.54) is 5.06 Å². The predicted octanol–water partition coefficient (Wildman–Crippen LogP) is 4.49. The Hall–Kier alpha value is -2.95. The van der Waals surface area contributed by atoms with Gasteiger partial charge in [0.2, 0.25) is 0 Å². The average molecular weight is 345 g/mol. The molecule has 0 saturated heterocycles. The van der Waals surface area contributed by atoms with Gasteiger partial charge in [-0.3, -0.25) is 9.63 Å². The van der Waals surface area contributed by atoms with Gasteiger partial charge in [0.1, 0.15) is 6.61 Å². The van der Waals surface area contributed by atoms with E-state index in [2.05, 4.69) is 0 Å². The van der Waals surface area contributed by atoms with Gasteiger partial charge in [0.15, 0.2) is 6.23 Å². The van der Waals surface area contributed by atoms with Crippen molar-refractivity contribution in [3.63, 3.8) is 0 Å². The number of fused-ring (bicyclic) bond motifs is 1. The van der Waals surface area contributed by atoms with E-state index in [9.17, 15) is 4.79 Å². The maximum Gasteiger partial charge on any atom is 0.280 e. The van der Waals surface area contributed by atoms with Crippen molar-refractivity contribution in [2.24, 2.45) is 0 Å². The SMILES string of the molecule is O=C1c2ccccc2C(OCc2ccccc2)N1OCc1ccccc1. The zero-order valence-corrected chi connectivity index (χ0v) is 14.2. The standard InChI is InChI=1S/C22H19NO3/c24-21-19-13-7-8-14-20(19)22(25-15-17-9-3-1-4-10-17)23(21)26-16-18-11-5-2-6-12-18/h1-14,22H,15-16H2. The molecule has 1 heterocycles. The van der Waals surface area contributed by atoms with Crippen molar-refractivity contribution in [2.75, 3.05) is 0 Å². The molecule has 4 nitrogen and oxygen atoms in total. The molecule has 26 heavy (non-hydrogen) atoms. The van der Waals surface area contributed by atoms with E-state index in [1.807, 2.05) is 84.9 Å². The summed E-state index contributed by atoms with van der Waals surface area (Å²) in [5.41, 5.74) is 3.51. The van der Waals surface area contributed by atoms with Crippen LogP contribution in [0.1, 0.15) is 33.3 Å². The lowest BCUT2D eigenvalue weighted by molar-refractivity contribution is -0.226. The van der Waals surface area contributed by atoms with E-state index in [0.29, 0.717) is 18.8 Å². The molecule has 0 fully saturated rings. The first-order valence-corrected chi connectivity index (χ1v) is 8.58. The second-order valence-electron chi connectivity index (χ2n) is 6.13. The molecular weight excluding hydrogens is 326 g/mol. The Morgan fingerprint density at radius 3 is 2.00 bits per heavy atom. The zero-order chi connectivity index (χ0) is 17.8. The van der Waals surface area contributed by atoms with E-state index < -0.39 is 6.23 Å². The summed E-state index contributed by atoms with van der Waals surface area (Å²) in [4.78, 5) is 18.6.